The molecule has 0 spiro atoms. The maximum absolute atomic E-state index is 11.4. The second-order valence-corrected chi connectivity index (χ2v) is 3.90. The van der Waals surface area contributed by atoms with Crippen molar-refractivity contribution in [1.82, 2.24) is 10.2 Å². The van der Waals surface area contributed by atoms with Crippen molar-refractivity contribution in [3.63, 3.8) is 0 Å². The van der Waals surface area contributed by atoms with E-state index in [2.05, 4.69) is 10.2 Å². The van der Waals surface area contributed by atoms with E-state index in [-0.39, 0.29) is 12.5 Å². The molecule has 0 amide bonds. The second kappa shape index (κ2) is 5.00. The van der Waals surface area contributed by atoms with Crippen LogP contribution >= 0.6 is 0 Å². The molecule has 0 N–H and O–H groups in total. The van der Waals surface area contributed by atoms with E-state index in [9.17, 15) is 4.79 Å². The maximum Gasteiger partial charge on any atom is 0.396 e. The van der Waals surface area contributed by atoms with Gasteiger partial charge in [-0.1, -0.05) is 18.2 Å². The van der Waals surface area contributed by atoms with Crippen molar-refractivity contribution in [2.24, 2.45) is 0 Å². The molecule has 0 unspecified atom stereocenters. The predicted molar refractivity (Wildman–Crippen MR) is 65.2 cm³/mol. The van der Waals surface area contributed by atoms with Gasteiger partial charge in [0.1, 0.15) is 0 Å². The van der Waals surface area contributed by atoms with Gasteiger partial charge in [0.15, 0.2) is 0 Å². The number of esters is 1. The number of carbonyl (C=O) groups is 1. The average molecular weight is 246 g/mol. The summed E-state index contributed by atoms with van der Waals surface area (Å²) in [5.74, 6) is -0.370. The molecule has 1 aromatic heterocycles. The van der Waals surface area contributed by atoms with Crippen LogP contribution in [0.4, 0.5) is 0 Å². The fourth-order valence-electron chi connectivity index (χ4n) is 1.75. The minimum atomic E-state index is -0.595. The van der Waals surface area contributed by atoms with E-state index in [1.54, 1.807) is 6.92 Å². The SMILES string of the molecule is CCOC(=O)c1nnc(-c2c(C)cccc2C)o1. The molecule has 94 valence electrons. The summed E-state index contributed by atoms with van der Waals surface area (Å²) in [5, 5.41) is 7.60. The van der Waals surface area contributed by atoms with Gasteiger partial charge in [-0.3, -0.25) is 0 Å². The van der Waals surface area contributed by atoms with Crippen molar-refractivity contribution in [3.8, 4) is 11.5 Å². The third-order valence-corrected chi connectivity index (χ3v) is 2.57. The molecular weight excluding hydrogens is 232 g/mol. The van der Waals surface area contributed by atoms with E-state index in [0.29, 0.717) is 5.89 Å². The van der Waals surface area contributed by atoms with Crippen molar-refractivity contribution in [3.05, 3.63) is 35.2 Å². The fraction of sp³-hybridized carbons (Fsp3) is 0.308. The zero-order valence-corrected chi connectivity index (χ0v) is 10.6. The highest BCUT2D eigenvalue weighted by Gasteiger charge is 2.18. The molecule has 18 heavy (non-hydrogen) atoms. The highest BCUT2D eigenvalue weighted by molar-refractivity contribution is 5.84. The standard InChI is InChI=1S/C13H14N2O3/c1-4-17-13(16)12-15-14-11(18-12)10-8(2)6-5-7-9(10)3/h5-7H,4H2,1-3H3. The number of benzene rings is 1. The fourth-order valence-corrected chi connectivity index (χ4v) is 1.75. The molecule has 5 nitrogen and oxygen atoms in total. The number of aromatic nitrogens is 2. The first-order chi connectivity index (χ1) is 8.63. The Balaban J connectivity index is 2.38. The van der Waals surface area contributed by atoms with Gasteiger partial charge < -0.3 is 9.15 Å². The van der Waals surface area contributed by atoms with Crippen LogP contribution in [0.1, 0.15) is 28.7 Å². The summed E-state index contributed by atoms with van der Waals surface area (Å²) in [6.45, 7) is 5.91. The molecule has 0 radical (unpaired) electrons. The van der Waals surface area contributed by atoms with Crippen LogP contribution < -0.4 is 0 Å². The lowest BCUT2D eigenvalue weighted by Crippen LogP contribution is -2.04. The summed E-state index contributed by atoms with van der Waals surface area (Å²) >= 11 is 0. The molecule has 1 aromatic carbocycles. The molecule has 0 atom stereocenters. The largest absolute Gasteiger partial charge is 0.459 e. The van der Waals surface area contributed by atoms with E-state index in [1.807, 2.05) is 32.0 Å². The molecule has 0 aliphatic rings. The lowest BCUT2D eigenvalue weighted by atomic mass is 10.0. The summed E-state index contributed by atoms with van der Waals surface area (Å²) in [7, 11) is 0. The molecule has 5 heteroatoms. The van der Waals surface area contributed by atoms with Crippen LogP contribution in [0.5, 0.6) is 0 Å². The average Bonchev–Trinajstić information content (AvgIpc) is 2.78. The van der Waals surface area contributed by atoms with Crippen LogP contribution in [0.2, 0.25) is 0 Å². The Labute approximate surface area is 105 Å². The Hall–Kier alpha value is -2.17. The molecule has 0 saturated heterocycles. The van der Waals surface area contributed by atoms with E-state index >= 15 is 0 Å². The Morgan fingerprint density at radius 2 is 1.94 bits per heavy atom. The van der Waals surface area contributed by atoms with Gasteiger partial charge in [-0.25, -0.2) is 4.79 Å². The molecule has 0 saturated carbocycles. The Bertz CT molecular complexity index is 555. The summed E-state index contributed by atoms with van der Waals surface area (Å²) in [4.78, 5) is 11.4. The monoisotopic (exact) mass is 246 g/mol. The van der Waals surface area contributed by atoms with Gasteiger partial charge in [-0.15, -0.1) is 10.2 Å². The van der Waals surface area contributed by atoms with Crippen LogP contribution in [-0.4, -0.2) is 22.8 Å². The van der Waals surface area contributed by atoms with Gasteiger partial charge in [0.2, 0.25) is 5.89 Å². The number of aryl methyl sites for hydroxylation is 2. The van der Waals surface area contributed by atoms with Gasteiger partial charge in [0.05, 0.1) is 6.61 Å². The normalized spacial score (nSPS) is 10.4. The van der Waals surface area contributed by atoms with Crippen LogP contribution in [-0.2, 0) is 4.74 Å². The number of hydrogen-bond donors (Lipinski definition) is 0. The van der Waals surface area contributed by atoms with Gasteiger partial charge in [0.25, 0.3) is 0 Å². The van der Waals surface area contributed by atoms with Crippen molar-refractivity contribution in [1.29, 1.82) is 0 Å². The molecule has 2 aromatic rings. The van der Waals surface area contributed by atoms with Gasteiger partial charge in [0, 0.05) is 5.56 Å². The number of carbonyl (C=O) groups excluding carboxylic acids is 1. The van der Waals surface area contributed by atoms with E-state index in [4.69, 9.17) is 9.15 Å². The first-order valence-corrected chi connectivity index (χ1v) is 5.70. The first kappa shape index (κ1) is 12.3. The zero-order chi connectivity index (χ0) is 13.1. The number of nitrogens with zero attached hydrogens (tertiary/aromatic N) is 2. The lowest BCUT2D eigenvalue weighted by molar-refractivity contribution is 0.0481. The molecule has 1 heterocycles. The molecule has 0 aliphatic carbocycles. The van der Waals surface area contributed by atoms with E-state index in [1.165, 1.54) is 0 Å². The predicted octanol–water partition coefficient (Wildman–Crippen LogP) is 2.53. The molecule has 0 fully saturated rings. The molecule has 2 rings (SSSR count). The van der Waals surface area contributed by atoms with E-state index < -0.39 is 5.97 Å². The summed E-state index contributed by atoms with van der Waals surface area (Å²) in [6, 6.07) is 5.87. The maximum atomic E-state index is 11.4. The highest BCUT2D eigenvalue weighted by atomic mass is 16.5. The third kappa shape index (κ3) is 2.25. The summed E-state index contributed by atoms with van der Waals surface area (Å²) in [5.41, 5.74) is 2.91. The summed E-state index contributed by atoms with van der Waals surface area (Å²) < 4.78 is 10.2. The van der Waals surface area contributed by atoms with Crippen LogP contribution in [0.3, 0.4) is 0 Å². The van der Waals surface area contributed by atoms with Gasteiger partial charge in [-0.2, -0.15) is 0 Å². The second-order valence-electron chi connectivity index (χ2n) is 3.90. The van der Waals surface area contributed by atoms with Crippen LogP contribution in [0.25, 0.3) is 11.5 Å². The number of hydrogen-bond acceptors (Lipinski definition) is 5. The van der Waals surface area contributed by atoms with E-state index in [0.717, 1.165) is 16.7 Å². The summed E-state index contributed by atoms with van der Waals surface area (Å²) in [6.07, 6.45) is 0. The Kier molecular flexibility index (Phi) is 3.41. The van der Waals surface area contributed by atoms with Crippen LogP contribution in [0, 0.1) is 13.8 Å². The van der Waals surface area contributed by atoms with Crippen molar-refractivity contribution in [2.75, 3.05) is 6.61 Å². The zero-order valence-electron chi connectivity index (χ0n) is 10.6. The van der Waals surface area contributed by atoms with Gasteiger partial charge >= 0.3 is 11.9 Å². The number of rotatable bonds is 3. The smallest absolute Gasteiger partial charge is 0.396 e. The molecule has 0 bridgehead atoms. The highest BCUT2D eigenvalue weighted by Crippen LogP contribution is 2.25. The third-order valence-electron chi connectivity index (χ3n) is 2.57. The molecule has 0 aliphatic heterocycles. The quantitative estimate of drug-likeness (QED) is 0.778. The minimum Gasteiger partial charge on any atom is -0.459 e. The van der Waals surface area contributed by atoms with Crippen molar-refractivity contribution >= 4 is 5.97 Å². The Morgan fingerprint density at radius 1 is 1.28 bits per heavy atom. The van der Waals surface area contributed by atoms with Crippen molar-refractivity contribution < 1.29 is 13.9 Å². The van der Waals surface area contributed by atoms with Crippen molar-refractivity contribution in [2.45, 2.75) is 20.8 Å². The molecular formula is C13H14N2O3. The lowest BCUT2D eigenvalue weighted by Gasteiger charge is -2.04. The minimum absolute atomic E-state index is 0.116. The van der Waals surface area contributed by atoms with Crippen LogP contribution in [0.15, 0.2) is 22.6 Å². The number of ether oxygens (including phenoxy) is 1. The van der Waals surface area contributed by atoms with Gasteiger partial charge in [-0.05, 0) is 31.9 Å². The topological polar surface area (TPSA) is 65.2 Å². The Morgan fingerprint density at radius 3 is 2.56 bits per heavy atom. The first-order valence-electron chi connectivity index (χ1n) is 5.70.